The summed E-state index contributed by atoms with van der Waals surface area (Å²) in [6, 6.07) is 2.73. The first-order valence-corrected chi connectivity index (χ1v) is 10.1. The van der Waals surface area contributed by atoms with E-state index in [1.807, 2.05) is 19.2 Å². The van der Waals surface area contributed by atoms with Gasteiger partial charge in [0.2, 0.25) is 0 Å². The number of carbonyl (C=O) groups is 1. The first-order chi connectivity index (χ1) is 12.6. The molecule has 3 aliphatic heterocycles. The smallest absolute Gasteiger partial charge is 0.263 e. The summed E-state index contributed by atoms with van der Waals surface area (Å²) in [6.45, 7) is 6.00. The molecule has 1 aromatic rings. The van der Waals surface area contributed by atoms with Gasteiger partial charge in [-0.25, -0.2) is 0 Å². The Bertz CT molecular complexity index is 723. The zero-order valence-corrected chi connectivity index (χ0v) is 15.7. The topological polar surface area (TPSA) is 66.4 Å². The average molecular weight is 358 g/mol. The first-order valence-electron chi connectivity index (χ1n) is 10.1. The van der Waals surface area contributed by atoms with Crippen molar-refractivity contribution in [2.24, 2.45) is 0 Å². The predicted octanol–water partition coefficient (Wildman–Crippen LogP) is 1.44. The second kappa shape index (κ2) is 7.53. The lowest BCUT2D eigenvalue weighted by molar-refractivity contribution is 0.0865. The largest absolute Gasteiger partial charge is 0.348 e. The summed E-state index contributed by atoms with van der Waals surface area (Å²) in [5.41, 5.74) is 0.978. The van der Waals surface area contributed by atoms with Crippen LogP contribution in [0.3, 0.4) is 0 Å². The third kappa shape index (κ3) is 3.32. The number of aryl methyl sites for hydroxylation is 1. The highest BCUT2D eigenvalue weighted by atomic mass is 16.2. The lowest BCUT2D eigenvalue weighted by Gasteiger charge is -2.37. The molecule has 0 saturated carbocycles. The average Bonchev–Trinajstić information content (AvgIpc) is 3.12. The monoisotopic (exact) mass is 358 g/mol. The highest BCUT2D eigenvalue weighted by Crippen LogP contribution is 2.27. The Kier molecular flexibility index (Phi) is 5.14. The van der Waals surface area contributed by atoms with Gasteiger partial charge in [-0.05, 0) is 83.3 Å². The number of pyridine rings is 1. The molecule has 1 aromatic heterocycles. The molecule has 0 aromatic carbocycles. The Balaban J connectivity index is 1.56. The van der Waals surface area contributed by atoms with E-state index < -0.39 is 0 Å². The number of nitrogens with zero attached hydrogens (tertiary/aromatic N) is 2. The van der Waals surface area contributed by atoms with Crippen LogP contribution in [0.1, 0.15) is 60.5 Å². The Labute approximate surface area is 155 Å². The summed E-state index contributed by atoms with van der Waals surface area (Å²) >= 11 is 0. The van der Waals surface area contributed by atoms with Crippen molar-refractivity contribution in [1.29, 1.82) is 0 Å². The van der Waals surface area contributed by atoms with Gasteiger partial charge in [0.1, 0.15) is 5.56 Å². The molecule has 0 aliphatic carbocycles. The maximum absolute atomic E-state index is 13.1. The van der Waals surface area contributed by atoms with Crippen LogP contribution in [0.4, 0.5) is 0 Å². The molecule has 0 bridgehead atoms. The van der Waals surface area contributed by atoms with Crippen LogP contribution < -0.4 is 16.2 Å². The molecule has 0 unspecified atom stereocenters. The number of piperidine rings is 2. The molecule has 6 heteroatoms. The minimum Gasteiger partial charge on any atom is -0.348 e. The summed E-state index contributed by atoms with van der Waals surface area (Å²) in [5.74, 6) is -0.186. The predicted molar refractivity (Wildman–Crippen MR) is 102 cm³/mol. The van der Waals surface area contributed by atoms with Crippen LogP contribution in [0.25, 0.3) is 0 Å². The Hall–Kier alpha value is -1.66. The number of aromatic nitrogens is 1. The van der Waals surface area contributed by atoms with Gasteiger partial charge in [0.25, 0.3) is 11.5 Å². The third-order valence-electron chi connectivity index (χ3n) is 6.41. The van der Waals surface area contributed by atoms with Crippen molar-refractivity contribution in [2.45, 2.75) is 63.6 Å². The van der Waals surface area contributed by atoms with E-state index >= 15 is 0 Å². The molecule has 2 N–H and O–H groups in total. The number of amides is 1. The zero-order chi connectivity index (χ0) is 18.1. The quantitative estimate of drug-likeness (QED) is 0.858. The Morgan fingerprint density at radius 1 is 1.15 bits per heavy atom. The maximum Gasteiger partial charge on any atom is 0.263 e. The van der Waals surface area contributed by atoms with E-state index in [1.54, 1.807) is 4.57 Å². The van der Waals surface area contributed by atoms with Crippen LogP contribution in [0, 0.1) is 6.92 Å². The summed E-state index contributed by atoms with van der Waals surface area (Å²) in [5, 5.41) is 6.54. The van der Waals surface area contributed by atoms with Gasteiger partial charge in [-0.2, -0.15) is 0 Å². The number of hydrogen-bond acceptors (Lipinski definition) is 4. The van der Waals surface area contributed by atoms with E-state index in [1.165, 1.54) is 6.42 Å². The third-order valence-corrected chi connectivity index (χ3v) is 6.41. The number of rotatable bonds is 3. The van der Waals surface area contributed by atoms with Gasteiger partial charge < -0.3 is 15.2 Å². The molecule has 2 atom stereocenters. The molecule has 4 rings (SSSR count). The lowest BCUT2D eigenvalue weighted by atomic mass is 9.96. The van der Waals surface area contributed by atoms with E-state index in [0.29, 0.717) is 11.6 Å². The van der Waals surface area contributed by atoms with Gasteiger partial charge in [-0.1, -0.05) is 0 Å². The maximum atomic E-state index is 13.1. The fraction of sp³-hybridized carbons (Fsp3) is 0.700. The molecule has 3 fully saturated rings. The zero-order valence-electron chi connectivity index (χ0n) is 15.7. The minimum atomic E-state index is -0.186. The van der Waals surface area contributed by atoms with Crippen LogP contribution in [0.2, 0.25) is 0 Å². The molecule has 0 spiro atoms. The molecule has 4 heterocycles. The molecular weight excluding hydrogens is 328 g/mol. The number of nitrogens with one attached hydrogen (secondary N) is 2. The highest BCUT2D eigenvalue weighted by molar-refractivity contribution is 5.95. The summed E-state index contributed by atoms with van der Waals surface area (Å²) < 4.78 is 1.78. The van der Waals surface area contributed by atoms with Gasteiger partial charge in [0.05, 0.1) is 0 Å². The number of fused-ring (bicyclic) bond motifs is 1. The molecule has 1 amide bonds. The molecular formula is C20H30N4O2. The molecule has 142 valence electrons. The summed E-state index contributed by atoms with van der Waals surface area (Å²) in [6.07, 6.45) is 8.23. The van der Waals surface area contributed by atoms with E-state index in [0.717, 1.165) is 63.8 Å². The van der Waals surface area contributed by atoms with Crippen LogP contribution in [0.15, 0.2) is 17.1 Å². The molecule has 3 saturated heterocycles. The van der Waals surface area contributed by atoms with Gasteiger partial charge in [0, 0.05) is 24.3 Å². The van der Waals surface area contributed by atoms with Crippen molar-refractivity contribution >= 4 is 5.91 Å². The first kappa shape index (κ1) is 17.7. The Morgan fingerprint density at radius 2 is 1.88 bits per heavy atom. The molecule has 3 aliphatic rings. The second-order valence-corrected chi connectivity index (χ2v) is 8.04. The van der Waals surface area contributed by atoms with E-state index in [4.69, 9.17) is 0 Å². The molecule has 0 radical (unpaired) electrons. The van der Waals surface area contributed by atoms with Gasteiger partial charge in [-0.15, -0.1) is 0 Å². The number of carbonyl (C=O) groups excluding carboxylic acids is 1. The van der Waals surface area contributed by atoms with Gasteiger partial charge >= 0.3 is 0 Å². The molecule has 26 heavy (non-hydrogen) atoms. The van der Waals surface area contributed by atoms with E-state index in [2.05, 4.69) is 15.5 Å². The van der Waals surface area contributed by atoms with E-state index in [9.17, 15) is 9.59 Å². The highest BCUT2D eigenvalue weighted by Gasteiger charge is 2.36. The fourth-order valence-electron chi connectivity index (χ4n) is 4.99. The van der Waals surface area contributed by atoms with Gasteiger partial charge in [0.15, 0.2) is 0 Å². The molecule has 6 nitrogen and oxygen atoms in total. The Morgan fingerprint density at radius 3 is 2.65 bits per heavy atom. The second-order valence-electron chi connectivity index (χ2n) is 8.04. The van der Waals surface area contributed by atoms with Gasteiger partial charge in [-0.3, -0.25) is 14.5 Å². The van der Waals surface area contributed by atoms with Crippen molar-refractivity contribution in [3.8, 4) is 0 Å². The fourth-order valence-corrected chi connectivity index (χ4v) is 4.99. The van der Waals surface area contributed by atoms with Crippen LogP contribution in [-0.2, 0) is 0 Å². The number of hydrogen-bond donors (Lipinski definition) is 2. The van der Waals surface area contributed by atoms with Crippen molar-refractivity contribution in [1.82, 2.24) is 20.1 Å². The van der Waals surface area contributed by atoms with Crippen molar-refractivity contribution in [3.05, 3.63) is 33.7 Å². The van der Waals surface area contributed by atoms with Crippen molar-refractivity contribution in [3.63, 3.8) is 0 Å². The summed E-state index contributed by atoms with van der Waals surface area (Å²) in [7, 11) is 0. The normalized spacial score (nSPS) is 27.3. The standard InChI is InChI=1S/C20H30N4O2/c1-14-8-13-24(15-6-9-21-10-7-15)20(26)18(14)19(25)22-16-4-2-11-23-12-3-5-17(16)23/h8,13,15-17,21H,2-7,9-12H2,1H3,(H,22,25)/t16-,17-/m0/s1. The summed E-state index contributed by atoms with van der Waals surface area (Å²) in [4.78, 5) is 28.6. The minimum absolute atomic E-state index is 0.131. The van der Waals surface area contributed by atoms with Crippen LogP contribution in [0.5, 0.6) is 0 Å². The van der Waals surface area contributed by atoms with E-state index in [-0.39, 0.29) is 23.6 Å². The van der Waals surface area contributed by atoms with Crippen LogP contribution in [-0.4, -0.2) is 53.6 Å². The van der Waals surface area contributed by atoms with Crippen molar-refractivity contribution in [2.75, 3.05) is 26.2 Å². The van der Waals surface area contributed by atoms with Crippen LogP contribution >= 0.6 is 0 Å². The SMILES string of the molecule is Cc1ccn(C2CCNCC2)c(=O)c1C(=O)N[C@H]1CCCN2CCC[C@@H]12. The lowest BCUT2D eigenvalue weighted by Crippen LogP contribution is -2.53. The van der Waals surface area contributed by atoms with Crippen molar-refractivity contribution < 1.29 is 4.79 Å².